The zero-order valence-corrected chi connectivity index (χ0v) is 13.6. The molecule has 0 saturated heterocycles. The predicted octanol–water partition coefficient (Wildman–Crippen LogP) is 2.32. The Morgan fingerprint density at radius 2 is 2.09 bits per heavy atom. The van der Waals surface area contributed by atoms with Gasteiger partial charge in [-0.05, 0) is 32.3 Å². The van der Waals surface area contributed by atoms with Crippen LogP contribution in [0.3, 0.4) is 0 Å². The third-order valence-corrected chi connectivity index (χ3v) is 3.73. The summed E-state index contributed by atoms with van der Waals surface area (Å²) < 4.78 is 11.3. The van der Waals surface area contributed by atoms with Gasteiger partial charge < -0.3 is 20.1 Å². The van der Waals surface area contributed by atoms with Crippen molar-refractivity contribution in [2.24, 2.45) is 4.99 Å². The Labute approximate surface area is 133 Å². The Morgan fingerprint density at radius 1 is 1.27 bits per heavy atom. The van der Waals surface area contributed by atoms with E-state index < -0.39 is 0 Å². The smallest absolute Gasteiger partial charge is 0.191 e. The topological polar surface area (TPSA) is 54.9 Å². The fourth-order valence-corrected chi connectivity index (χ4v) is 2.22. The molecule has 0 amide bonds. The maximum Gasteiger partial charge on any atom is 0.191 e. The summed E-state index contributed by atoms with van der Waals surface area (Å²) >= 11 is 0. The van der Waals surface area contributed by atoms with Crippen LogP contribution in [0.2, 0.25) is 0 Å². The van der Waals surface area contributed by atoms with Gasteiger partial charge in [0.05, 0.1) is 12.7 Å². The van der Waals surface area contributed by atoms with Gasteiger partial charge in [-0.3, -0.25) is 4.99 Å². The Morgan fingerprint density at radius 3 is 2.77 bits per heavy atom. The van der Waals surface area contributed by atoms with Crippen LogP contribution in [0.5, 0.6) is 5.75 Å². The summed E-state index contributed by atoms with van der Waals surface area (Å²) in [5.41, 5.74) is 1.15. The number of ether oxygens (including phenoxy) is 2. The molecule has 2 N–H and O–H groups in total. The molecule has 5 heteroatoms. The van der Waals surface area contributed by atoms with E-state index in [0.717, 1.165) is 30.4 Å². The van der Waals surface area contributed by atoms with Gasteiger partial charge in [0, 0.05) is 32.3 Å². The van der Waals surface area contributed by atoms with Crippen LogP contribution in [0.25, 0.3) is 0 Å². The molecule has 0 heterocycles. The molecule has 5 nitrogen and oxygen atoms in total. The lowest BCUT2D eigenvalue weighted by molar-refractivity contribution is 0.119. The molecule has 1 aliphatic carbocycles. The number of para-hydroxylation sites is 1. The molecular formula is C17H27N3O2. The molecular weight excluding hydrogens is 278 g/mol. The highest BCUT2D eigenvalue weighted by Gasteiger charge is 2.20. The molecule has 0 aromatic heterocycles. The van der Waals surface area contributed by atoms with E-state index in [1.54, 1.807) is 7.05 Å². The van der Waals surface area contributed by atoms with Gasteiger partial charge in [0.1, 0.15) is 5.75 Å². The van der Waals surface area contributed by atoms with E-state index in [9.17, 15) is 0 Å². The SMILES string of the molecule is CCOCCNC(=NC)NCc1ccccc1OC1CCC1. The van der Waals surface area contributed by atoms with Crippen molar-refractivity contribution in [2.45, 2.75) is 38.8 Å². The quantitative estimate of drug-likeness (QED) is 0.440. The van der Waals surface area contributed by atoms with E-state index in [2.05, 4.69) is 21.7 Å². The van der Waals surface area contributed by atoms with Gasteiger partial charge in [0.25, 0.3) is 0 Å². The van der Waals surface area contributed by atoms with E-state index in [-0.39, 0.29) is 0 Å². The lowest BCUT2D eigenvalue weighted by atomic mass is 9.96. The van der Waals surface area contributed by atoms with E-state index in [0.29, 0.717) is 19.3 Å². The van der Waals surface area contributed by atoms with Gasteiger partial charge in [-0.2, -0.15) is 0 Å². The first-order valence-electron chi connectivity index (χ1n) is 8.10. The Kier molecular flexibility index (Phi) is 7.03. The van der Waals surface area contributed by atoms with Crippen molar-refractivity contribution in [1.29, 1.82) is 0 Å². The van der Waals surface area contributed by atoms with Crippen molar-refractivity contribution in [2.75, 3.05) is 26.8 Å². The minimum atomic E-state index is 0.393. The number of nitrogens with one attached hydrogen (secondary N) is 2. The van der Waals surface area contributed by atoms with E-state index in [1.165, 1.54) is 19.3 Å². The maximum atomic E-state index is 6.04. The molecule has 0 atom stereocenters. The van der Waals surface area contributed by atoms with E-state index in [4.69, 9.17) is 9.47 Å². The highest BCUT2D eigenvalue weighted by Crippen LogP contribution is 2.27. The van der Waals surface area contributed by atoms with Crippen molar-refractivity contribution in [3.05, 3.63) is 29.8 Å². The molecule has 122 valence electrons. The minimum Gasteiger partial charge on any atom is -0.490 e. The van der Waals surface area contributed by atoms with E-state index in [1.807, 2.05) is 25.1 Å². The van der Waals surface area contributed by atoms with Crippen LogP contribution < -0.4 is 15.4 Å². The second kappa shape index (κ2) is 9.30. The standard InChI is InChI=1S/C17H27N3O2/c1-3-21-12-11-19-17(18-2)20-13-14-7-4-5-10-16(14)22-15-8-6-9-15/h4-5,7,10,15H,3,6,8-9,11-13H2,1-2H3,(H2,18,19,20). The summed E-state index contributed by atoms with van der Waals surface area (Å²) in [7, 11) is 1.77. The fourth-order valence-electron chi connectivity index (χ4n) is 2.22. The number of guanidine groups is 1. The summed E-state index contributed by atoms with van der Waals surface area (Å²) in [6, 6.07) is 8.19. The number of benzene rings is 1. The molecule has 0 unspecified atom stereocenters. The number of hydrogen-bond acceptors (Lipinski definition) is 3. The van der Waals surface area contributed by atoms with Crippen molar-refractivity contribution < 1.29 is 9.47 Å². The second-order valence-electron chi connectivity index (χ2n) is 5.33. The average Bonchev–Trinajstić information content (AvgIpc) is 2.51. The highest BCUT2D eigenvalue weighted by molar-refractivity contribution is 5.79. The van der Waals surface area contributed by atoms with Gasteiger partial charge in [-0.15, -0.1) is 0 Å². The summed E-state index contributed by atoms with van der Waals surface area (Å²) in [6.45, 7) is 4.84. The summed E-state index contributed by atoms with van der Waals surface area (Å²) in [5.74, 6) is 1.75. The van der Waals surface area contributed by atoms with Crippen LogP contribution in [0, 0.1) is 0 Å². The number of hydrogen-bond donors (Lipinski definition) is 2. The molecule has 22 heavy (non-hydrogen) atoms. The summed E-state index contributed by atoms with van der Waals surface area (Å²) in [6.07, 6.45) is 4.01. The van der Waals surface area contributed by atoms with Gasteiger partial charge >= 0.3 is 0 Å². The van der Waals surface area contributed by atoms with Crippen LogP contribution in [0.1, 0.15) is 31.7 Å². The highest BCUT2D eigenvalue weighted by atomic mass is 16.5. The molecule has 0 radical (unpaired) electrons. The van der Waals surface area contributed by atoms with Crippen LogP contribution in [-0.4, -0.2) is 38.9 Å². The third kappa shape index (κ3) is 5.22. The molecule has 1 fully saturated rings. The summed E-state index contributed by atoms with van der Waals surface area (Å²) in [5, 5.41) is 6.55. The van der Waals surface area contributed by atoms with Crippen LogP contribution in [0.4, 0.5) is 0 Å². The van der Waals surface area contributed by atoms with Gasteiger partial charge in [-0.25, -0.2) is 0 Å². The van der Waals surface area contributed by atoms with Gasteiger partial charge in [0.15, 0.2) is 5.96 Å². The molecule has 0 spiro atoms. The Bertz CT molecular complexity index is 473. The molecule has 1 aromatic carbocycles. The van der Waals surface area contributed by atoms with Crippen molar-refractivity contribution in [3.63, 3.8) is 0 Å². The average molecular weight is 305 g/mol. The predicted molar refractivity (Wildman–Crippen MR) is 89.4 cm³/mol. The fraction of sp³-hybridized carbons (Fsp3) is 0.588. The van der Waals surface area contributed by atoms with E-state index >= 15 is 0 Å². The Balaban J connectivity index is 1.81. The molecule has 1 saturated carbocycles. The van der Waals surface area contributed by atoms with Gasteiger partial charge in [0.2, 0.25) is 0 Å². The number of aliphatic imine (C=N–C) groups is 1. The Hall–Kier alpha value is -1.75. The number of nitrogens with zero attached hydrogens (tertiary/aromatic N) is 1. The first kappa shape index (κ1) is 16.6. The van der Waals surface area contributed by atoms with Crippen molar-refractivity contribution in [1.82, 2.24) is 10.6 Å². The van der Waals surface area contributed by atoms with Gasteiger partial charge in [-0.1, -0.05) is 18.2 Å². The first-order chi connectivity index (χ1) is 10.8. The zero-order valence-electron chi connectivity index (χ0n) is 13.6. The van der Waals surface area contributed by atoms with Crippen LogP contribution in [-0.2, 0) is 11.3 Å². The molecule has 0 bridgehead atoms. The zero-order chi connectivity index (χ0) is 15.6. The first-order valence-corrected chi connectivity index (χ1v) is 8.10. The lowest BCUT2D eigenvalue weighted by Crippen LogP contribution is -2.38. The van der Waals surface area contributed by atoms with Crippen LogP contribution >= 0.6 is 0 Å². The van der Waals surface area contributed by atoms with Crippen molar-refractivity contribution in [3.8, 4) is 5.75 Å². The largest absolute Gasteiger partial charge is 0.490 e. The summed E-state index contributed by atoms with van der Waals surface area (Å²) in [4.78, 5) is 4.22. The third-order valence-electron chi connectivity index (χ3n) is 3.73. The molecule has 0 aliphatic heterocycles. The molecule has 1 aromatic rings. The molecule has 1 aliphatic rings. The minimum absolute atomic E-state index is 0.393. The maximum absolute atomic E-state index is 6.04. The molecule has 2 rings (SSSR count). The van der Waals surface area contributed by atoms with Crippen LogP contribution in [0.15, 0.2) is 29.3 Å². The normalized spacial score (nSPS) is 15.3. The van der Waals surface area contributed by atoms with Crippen molar-refractivity contribution >= 4 is 5.96 Å². The second-order valence-corrected chi connectivity index (χ2v) is 5.33. The monoisotopic (exact) mass is 305 g/mol. The lowest BCUT2D eigenvalue weighted by Gasteiger charge is -2.27. The number of rotatable bonds is 8.